The molecule has 0 heterocycles. The number of hydrogen-bond acceptors (Lipinski definition) is 1. The van der Waals surface area contributed by atoms with Crippen LogP contribution < -0.4 is 0 Å². The Bertz CT molecular complexity index is 901. The molecule has 0 N–H and O–H groups in total. The van der Waals surface area contributed by atoms with Crippen LogP contribution in [0.2, 0.25) is 0 Å². The molecule has 1 nitrogen and oxygen atoms in total. The fourth-order valence-electron chi connectivity index (χ4n) is 4.59. The zero-order valence-electron chi connectivity index (χ0n) is 20.2. The van der Waals surface area contributed by atoms with Crippen molar-refractivity contribution in [2.75, 3.05) is 0 Å². The third-order valence-corrected chi connectivity index (χ3v) is 5.55. The van der Waals surface area contributed by atoms with E-state index in [1.54, 1.807) is 0 Å². The van der Waals surface area contributed by atoms with Crippen LogP contribution in [0, 0.1) is 0 Å². The van der Waals surface area contributed by atoms with Gasteiger partial charge in [-0.25, -0.2) is 0 Å². The Morgan fingerprint density at radius 2 is 1.07 bits per heavy atom. The van der Waals surface area contributed by atoms with Crippen molar-refractivity contribution in [3.63, 3.8) is 0 Å². The van der Waals surface area contributed by atoms with Crippen molar-refractivity contribution in [2.24, 2.45) is 0 Å². The van der Waals surface area contributed by atoms with Gasteiger partial charge in [0, 0.05) is 5.56 Å². The fraction of sp³-hybridized carbons (Fsp3) is 0.593. The zero-order valence-corrected chi connectivity index (χ0v) is 20.2. The van der Waals surface area contributed by atoms with Gasteiger partial charge in [-0.3, -0.25) is 4.79 Å². The predicted molar refractivity (Wildman–Crippen MR) is 124 cm³/mol. The minimum atomic E-state index is -0.120. The first-order valence-electron chi connectivity index (χ1n) is 10.5. The molecule has 0 amide bonds. The summed E-state index contributed by atoms with van der Waals surface area (Å²) in [7, 11) is 0. The van der Waals surface area contributed by atoms with Crippen LogP contribution in [0.1, 0.15) is 116 Å². The van der Waals surface area contributed by atoms with Crippen LogP contribution in [-0.4, -0.2) is 6.29 Å². The van der Waals surface area contributed by atoms with Gasteiger partial charge in [0.2, 0.25) is 0 Å². The van der Waals surface area contributed by atoms with Crippen molar-refractivity contribution in [3.8, 4) is 0 Å². The second-order valence-corrected chi connectivity index (χ2v) is 12.4. The Hall–Kier alpha value is -1.63. The van der Waals surface area contributed by atoms with E-state index in [1.165, 1.54) is 27.6 Å². The molecule has 1 heteroatoms. The molecule has 0 fully saturated rings. The Morgan fingerprint density at radius 3 is 1.43 bits per heavy atom. The van der Waals surface area contributed by atoms with E-state index in [-0.39, 0.29) is 21.7 Å². The van der Waals surface area contributed by atoms with Crippen molar-refractivity contribution < 1.29 is 4.79 Å². The molecule has 0 saturated heterocycles. The van der Waals surface area contributed by atoms with E-state index in [0.29, 0.717) is 0 Å². The Kier molecular flexibility index (Phi) is 5.43. The van der Waals surface area contributed by atoms with Gasteiger partial charge in [-0.15, -0.1) is 0 Å². The molecular formula is C27H40O. The number of aldehydes is 1. The van der Waals surface area contributed by atoms with Gasteiger partial charge in [-0.2, -0.15) is 0 Å². The van der Waals surface area contributed by atoms with Crippen LogP contribution >= 0.6 is 0 Å². The summed E-state index contributed by atoms with van der Waals surface area (Å²) in [6.45, 7) is 27.3. The molecule has 0 aromatic heterocycles. The van der Waals surface area contributed by atoms with Gasteiger partial charge < -0.3 is 0 Å². The molecule has 0 bridgehead atoms. The van der Waals surface area contributed by atoms with Crippen LogP contribution in [0.5, 0.6) is 0 Å². The van der Waals surface area contributed by atoms with E-state index in [0.717, 1.165) is 17.2 Å². The lowest BCUT2D eigenvalue weighted by atomic mass is 9.64. The van der Waals surface area contributed by atoms with Crippen LogP contribution in [0.3, 0.4) is 0 Å². The van der Waals surface area contributed by atoms with Gasteiger partial charge >= 0.3 is 0 Å². The minimum absolute atomic E-state index is 0.00192. The molecule has 0 aliphatic heterocycles. The summed E-state index contributed by atoms with van der Waals surface area (Å²) in [6.07, 6.45) is 1.09. The maximum absolute atomic E-state index is 12.5. The first-order chi connectivity index (χ1) is 12.4. The lowest BCUT2D eigenvalue weighted by Crippen LogP contribution is -2.31. The molecule has 0 radical (unpaired) electrons. The highest BCUT2D eigenvalue weighted by Crippen LogP contribution is 2.48. The number of hydrogen-bond donors (Lipinski definition) is 0. The quantitative estimate of drug-likeness (QED) is 0.460. The second kappa shape index (κ2) is 6.71. The first-order valence-corrected chi connectivity index (χ1v) is 10.5. The second-order valence-electron chi connectivity index (χ2n) is 12.4. The van der Waals surface area contributed by atoms with Crippen LogP contribution in [-0.2, 0) is 21.7 Å². The van der Waals surface area contributed by atoms with Gasteiger partial charge in [0.25, 0.3) is 0 Å². The van der Waals surface area contributed by atoms with Crippen molar-refractivity contribution in [2.45, 2.75) is 105 Å². The summed E-state index contributed by atoms with van der Waals surface area (Å²) in [5.74, 6) is 0. The van der Waals surface area contributed by atoms with Gasteiger partial charge in [0.1, 0.15) is 0 Å². The molecule has 154 valence electrons. The number of carbonyl (C=O) groups is 1. The predicted octanol–water partition coefficient (Wildman–Crippen LogP) is 7.84. The number of fused-ring (bicyclic) bond motifs is 1. The molecule has 0 spiro atoms. The van der Waals surface area contributed by atoms with Crippen molar-refractivity contribution in [1.82, 2.24) is 0 Å². The normalized spacial score (nSPS) is 13.9. The lowest BCUT2D eigenvalue weighted by Gasteiger charge is -2.40. The Labute approximate surface area is 172 Å². The maximum atomic E-state index is 12.5. The van der Waals surface area contributed by atoms with Gasteiger partial charge in [-0.05, 0) is 54.7 Å². The number of benzene rings is 2. The fourth-order valence-corrected chi connectivity index (χ4v) is 4.59. The van der Waals surface area contributed by atoms with E-state index in [2.05, 4.69) is 101 Å². The van der Waals surface area contributed by atoms with Gasteiger partial charge in [0.15, 0.2) is 6.29 Å². The smallest absolute Gasteiger partial charge is 0.150 e. The van der Waals surface area contributed by atoms with Crippen molar-refractivity contribution in [1.29, 1.82) is 0 Å². The van der Waals surface area contributed by atoms with Gasteiger partial charge in [-0.1, -0.05) is 101 Å². The van der Waals surface area contributed by atoms with E-state index < -0.39 is 0 Å². The van der Waals surface area contributed by atoms with Gasteiger partial charge in [0.05, 0.1) is 0 Å². The van der Waals surface area contributed by atoms with Crippen LogP contribution in [0.25, 0.3) is 10.8 Å². The summed E-state index contributed by atoms with van der Waals surface area (Å²) >= 11 is 0. The number of carbonyl (C=O) groups excluding carboxylic acids is 1. The van der Waals surface area contributed by atoms with Crippen molar-refractivity contribution in [3.05, 3.63) is 46.0 Å². The maximum Gasteiger partial charge on any atom is 0.150 e. The SMILES string of the molecule is CC(C)(C)c1c(C(C)(C)C)c(C(C)(C)C)c2c(C(C)(C)C)cccc2c1C=O. The first kappa shape index (κ1) is 22.7. The third kappa shape index (κ3) is 3.91. The molecule has 0 aliphatic rings. The van der Waals surface area contributed by atoms with Crippen molar-refractivity contribution >= 4 is 17.1 Å². The summed E-state index contributed by atoms with van der Waals surface area (Å²) in [5.41, 5.74) is 5.91. The monoisotopic (exact) mass is 380 g/mol. The Balaban J connectivity index is 3.42. The lowest BCUT2D eigenvalue weighted by molar-refractivity contribution is 0.112. The molecular weight excluding hydrogens is 340 g/mol. The van der Waals surface area contributed by atoms with E-state index in [1.807, 2.05) is 0 Å². The van der Waals surface area contributed by atoms with Crippen LogP contribution in [0.15, 0.2) is 18.2 Å². The molecule has 2 aromatic carbocycles. The summed E-state index contributed by atoms with van der Waals surface area (Å²) in [6, 6.07) is 6.51. The summed E-state index contributed by atoms with van der Waals surface area (Å²) in [5, 5.41) is 2.38. The minimum Gasteiger partial charge on any atom is -0.298 e. The Morgan fingerprint density at radius 1 is 0.607 bits per heavy atom. The highest BCUT2D eigenvalue weighted by Gasteiger charge is 2.37. The summed E-state index contributed by atoms with van der Waals surface area (Å²) < 4.78 is 0. The van der Waals surface area contributed by atoms with E-state index in [9.17, 15) is 4.79 Å². The molecule has 0 aliphatic carbocycles. The molecule has 0 unspecified atom stereocenters. The van der Waals surface area contributed by atoms with E-state index in [4.69, 9.17) is 0 Å². The van der Waals surface area contributed by atoms with Crippen LogP contribution in [0.4, 0.5) is 0 Å². The standard InChI is InChI=1S/C27H40O/c1-24(2,3)19-15-13-14-17-18(16-28)21(25(4,5)6)23(27(10,11)12)22(20(17)19)26(7,8)9/h13-16H,1-12H3. The highest BCUT2D eigenvalue weighted by molar-refractivity contribution is 6.05. The van der Waals surface area contributed by atoms with E-state index >= 15 is 0 Å². The highest BCUT2D eigenvalue weighted by atomic mass is 16.1. The molecule has 2 rings (SSSR count). The topological polar surface area (TPSA) is 17.1 Å². The zero-order chi connectivity index (χ0) is 21.9. The average molecular weight is 381 g/mol. The molecule has 2 aromatic rings. The molecule has 28 heavy (non-hydrogen) atoms. The summed E-state index contributed by atoms with van der Waals surface area (Å²) in [4.78, 5) is 12.5. The third-order valence-electron chi connectivity index (χ3n) is 5.55. The average Bonchev–Trinajstić information content (AvgIpc) is 2.47. The largest absolute Gasteiger partial charge is 0.298 e. The molecule has 0 atom stereocenters. The molecule has 0 saturated carbocycles. The number of rotatable bonds is 1.